The summed E-state index contributed by atoms with van der Waals surface area (Å²) in [7, 11) is 0. The van der Waals surface area contributed by atoms with Gasteiger partial charge in [-0.15, -0.1) is 0 Å². The molecule has 1 saturated carbocycles. The zero-order chi connectivity index (χ0) is 14.5. The van der Waals surface area contributed by atoms with Gasteiger partial charge < -0.3 is 15.2 Å². The maximum absolute atomic E-state index is 13.0. The quantitative estimate of drug-likeness (QED) is 0.280. The van der Waals surface area contributed by atoms with E-state index in [1.807, 2.05) is 0 Å². The lowest BCUT2D eigenvalue weighted by molar-refractivity contribution is -0.129. The maximum atomic E-state index is 13.0. The number of likely N-dealkylation sites (tertiary alicyclic amines) is 1. The number of halogens is 1. The second-order valence-corrected chi connectivity index (χ2v) is 5.81. The first-order chi connectivity index (χ1) is 9.58. The van der Waals surface area contributed by atoms with E-state index in [4.69, 9.17) is 11.3 Å². The Morgan fingerprint density at radius 1 is 1.50 bits per heavy atom. The number of hydrogen-bond donors (Lipinski definition) is 3. The van der Waals surface area contributed by atoms with Crippen molar-refractivity contribution in [2.45, 2.75) is 37.9 Å². The summed E-state index contributed by atoms with van der Waals surface area (Å²) in [6, 6.07) is 0.326. The summed E-state index contributed by atoms with van der Waals surface area (Å²) in [6.45, 7) is 1.76. The third-order valence-corrected chi connectivity index (χ3v) is 4.20. The van der Waals surface area contributed by atoms with Crippen molar-refractivity contribution in [1.82, 2.24) is 15.2 Å². The van der Waals surface area contributed by atoms with E-state index in [-0.39, 0.29) is 12.5 Å². The average Bonchev–Trinajstić information content (AvgIpc) is 3.05. The topological polar surface area (TPSA) is 85.5 Å². The third kappa shape index (κ3) is 4.14. The molecule has 0 unspecified atom stereocenters. The molecular weight excluding hydrogens is 261 g/mol. The summed E-state index contributed by atoms with van der Waals surface area (Å²) >= 11 is 0. The molecule has 1 aliphatic heterocycles. The predicted octanol–water partition coefficient (Wildman–Crippen LogP) is 0.0979. The Balaban J connectivity index is 1.65. The van der Waals surface area contributed by atoms with Crippen molar-refractivity contribution in [2.24, 2.45) is 11.8 Å². The summed E-state index contributed by atoms with van der Waals surface area (Å²) in [6.07, 6.45) is 3.80. The number of nitrogens with zero attached hydrogens (tertiary/aromatic N) is 2. The van der Waals surface area contributed by atoms with E-state index in [0.29, 0.717) is 38.0 Å². The Kier molecular flexibility index (Phi) is 5.31. The first kappa shape index (κ1) is 15.2. The smallest absolute Gasteiger partial charge is 0.236 e. The van der Waals surface area contributed by atoms with Gasteiger partial charge in [-0.05, 0) is 31.6 Å². The molecule has 2 fully saturated rings. The molecule has 0 radical (unpaired) electrons. The molecule has 7 heteroatoms. The SMILES string of the molecule is N=CN(N)C[C@@H]1CC[C@H](NCC(=O)N2CC[C@H](F)C2)C1. The van der Waals surface area contributed by atoms with Crippen LogP contribution < -0.4 is 11.2 Å². The lowest BCUT2D eigenvalue weighted by Crippen LogP contribution is -2.40. The summed E-state index contributed by atoms with van der Waals surface area (Å²) in [5.74, 6) is 6.05. The first-order valence-corrected chi connectivity index (χ1v) is 7.25. The molecule has 1 amide bonds. The third-order valence-electron chi connectivity index (χ3n) is 4.20. The largest absolute Gasteiger partial charge is 0.339 e. The van der Waals surface area contributed by atoms with Gasteiger partial charge in [0, 0.05) is 19.1 Å². The Morgan fingerprint density at radius 3 is 2.95 bits per heavy atom. The fourth-order valence-corrected chi connectivity index (χ4v) is 3.06. The monoisotopic (exact) mass is 285 g/mol. The molecule has 3 atom stereocenters. The minimum Gasteiger partial charge on any atom is -0.339 e. The van der Waals surface area contributed by atoms with Crippen LogP contribution in [0.5, 0.6) is 0 Å². The van der Waals surface area contributed by atoms with Crippen LogP contribution >= 0.6 is 0 Å². The average molecular weight is 285 g/mol. The summed E-state index contributed by atoms with van der Waals surface area (Å²) in [5, 5.41) is 11.7. The van der Waals surface area contributed by atoms with Crippen LogP contribution in [0.1, 0.15) is 25.7 Å². The minimum atomic E-state index is -0.855. The molecule has 0 bridgehead atoms. The predicted molar refractivity (Wildman–Crippen MR) is 74.9 cm³/mol. The molecule has 0 aromatic carbocycles. The van der Waals surface area contributed by atoms with Crippen molar-refractivity contribution in [3.63, 3.8) is 0 Å². The Morgan fingerprint density at radius 2 is 2.30 bits per heavy atom. The first-order valence-electron chi connectivity index (χ1n) is 7.25. The highest BCUT2D eigenvalue weighted by molar-refractivity contribution is 5.78. The zero-order valence-corrected chi connectivity index (χ0v) is 11.7. The van der Waals surface area contributed by atoms with Gasteiger partial charge in [-0.3, -0.25) is 10.2 Å². The molecule has 1 heterocycles. The molecule has 0 spiro atoms. The highest BCUT2D eigenvalue weighted by atomic mass is 19.1. The van der Waals surface area contributed by atoms with Crippen LogP contribution in [0.25, 0.3) is 0 Å². The summed E-state index contributed by atoms with van der Waals surface area (Å²) in [5.41, 5.74) is 0. The molecule has 0 aromatic rings. The molecule has 20 heavy (non-hydrogen) atoms. The molecule has 1 aliphatic carbocycles. The highest BCUT2D eigenvalue weighted by Crippen LogP contribution is 2.25. The van der Waals surface area contributed by atoms with Gasteiger partial charge in [0.2, 0.25) is 5.91 Å². The molecule has 2 rings (SSSR count). The molecule has 6 nitrogen and oxygen atoms in total. The summed E-state index contributed by atoms with van der Waals surface area (Å²) in [4.78, 5) is 13.5. The number of carbonyl (C=O) groups excluding carboxylic acids is 1. The normalized spacial score (nSPS) is 29.7. The van der Waals surface area contributed by atoms with Crippen molar-refractivity contribution in [3.8, 4) is 0 Å². The second kappa shape index (κ2) is 6.99. The molecule has 2 aliphatic rings. The number of nitrogens with two attached hydrogens (primary N) is 1. The van der Waals surface area contributed by atoms with Gasteiger partial charge >= 0.3 is 0 Å². The molecule has 0 aromatic heterocycles. The fourth-order valence-electron chi connectivity index (χ4n) is 3.06. The number of carbonyl (C=O) groups is 1. The number of rotatable bonds is 6. The fraction of sp³-hybridized carbons (Fsp3) is 0.846. The number of amides is 1. The van der Waals surface area contributed by atoms with Crippen LogP contribution in [-0.2, 0) is 4.79 Å². The van der Waals surface area contributed by atoms with Gasteiger partial charge in [0.05, 0.1) is 19.4 Å². The van der Waals surface area contributed by atoms with Crippen LogP contribution in [0, 0.1) is 11.3 Å². The van der Waals surface area contributed by atoms with Crippen molar-refractivity contribution < 1.29 is 9.18 Å². The number of hydrazine groups is 1. The molecule has 1 saturated heterocycles. The summed E-state index contributed by atoms with van der Waals surface area (Å²) < 4.78 is 13.0. The number of hydrogen-bond acceptors (Lipinski definition) is 4. The number of nitrogens with one attached hydrogen (secondary N) is 2. The maximum Gasteiger partial charge on any atom is 0.236 e. The molecule has 114 valence electrons. The van der Waals surface area contributed by atoms with E-state index in [1.54, 1.807) is 4.90 Å². The van der Waals surface area contributed by atoms with E-state index in [1.165, 1.54) is 5.01 Å². The van der Waals surface area contributed by atoms with Crippen LogP contribution in [0.2, 0.25) is 0 Å². The van der Waals surface area contributed by atoms with Crippen LogP contribution in [0.3, 0.4) is 0 Å². The van der Waals surface area contributed by atoms with E-state index in [9.17, 15) is 9.18 Å². The van der Waals surface area contributed by atoms with Crippen LogP contribution in [0.4, 0.5) is 4.39 Å². The zero-order valence-electron chi connectivity index (χ0n) is 11.7. The van der Waals surface area contributed by atoms with Gasteiger partial charge in [0.15, 0.2) is 0 Å². The van der Waals surface area contributed by atoms with E-state index >= 15 is 0 Å². The Labute approximate surface area is 118 Å². The number of alkyl halides is 1. The van der Waals surface area contributed by atoms with Crippen molar-refractivity contribution >= 4 is 12.2 Å². The van der Waals surface area contributed by atoms with Gasteiger partial charge in [-0.2, -0.15) is 0 Å². The van der Waals surface area contributed by atoms with Crippen molar-refractivity contribution in [1.29, 1.82) is 5.41 Å². The highest BCUT2D eigenvalue weighted by Gasteiger charge is 2.28. The standard InChI is InChI=1S/C13H24FN5O/c14-11-3-4-18(8-11)13(20)6-17-12-2-1-10(5-12)7-19(16)9-15/h9-12,15,17H,1-8,16H2/t10-,11+,12+/m1/s1. The Bertz CT molecular complexity index is 354. The minimum absolute atomic E-state index is 0.00598. The van der Waals surface area contributed by atoms with Gasteiger partial charge in [0.1, 0.15) is 6.17 Å². The van der Waals surface area contributed by atoms with Crippen molar-refractivity contribution in [3.05, 3.63) is 0 Å². The lowest BCUT2D eigenvalue weighted by atomic mass is 10.1. The van der Waals surface area contributed by atoms with E-state index < -0.39 is 6.17 Å². The lowest BCUT2D eigenvalue weighted by Gasteiger charge is -2.19. The molecule has 4 N–H and O–H groups in total. The van der Waals surface area contributed by atoms with Gasteiger partial charge in [-0.25, -0.2) is 10.2 Å². The molecular formula is C13H24FN5O. The second-order valence-electron chi connectivity index (χ2n) is 5.81. The van der Waals surface area contributed by atoms with Crippen LogP contribution in [-0.4, -0.2) is 60.5 Å². The van der Waals surface area contributed by atoms with Gasteiger partial charge in [-0.1, -0.05) is 0 Å². The van der Waals surface area contributed by atoms with Crippen LogP contribution in [0.15, 0.2) is 0 Å². The van der Waals surface area contributed by atoms with Crippen molar-refractivity contribution in [2.75, 3.05) is 26.2 Å². The van der Waals surface area contributed by atoms with Gasteiger partial charge in [0.25, 0.3) is 0 Å². The van der Waals surface area contributed by atoms with E-state index in [2.05, 4.69) is 5.32 Å². The van der Waals surface area contributed by atoms with E-state index in [0.717, 1.165) is 25.6 Å². The Hall–Kier alpha value is -1.21.